The van der Waals surface area contributed by atoms with E-state index in [2.05, 4.69) is 36.3 Å². The average Bonchev–Trinajstić information content (AvgIpc) is 2.71. The van der Waals surface area contributed by atoms with Crippen LogP contribution in [0.1, 0.15) is 25.0 Å². The summed E-state index contributed by atoms with van der Waals surface area (Å²) in [5.74, 6) is 1.45. The summed E-state index contributed by atoms with van der Waals surface area (Å²) >= 11 is 0. The highest BCUT2D eigenvalue weighted by Crippen LogP contribution is 2.33. The summed E-state index contributed by atoms with van der Waals surface area (Å²) < 4.78 is 10.8. The van der Waals surface area contributed by atoms with Gasteiger partial charge >= 0.3 is 0 Å². The summed E-state index contributed by atoms with van der Waals surface area (Å²) in [6, 6.07) is 15.8. The largest absolute Gasteiger partial charge is 0.497 e. The van der Waals surface area contributed by atoms with Crippen molar-refractivity contribution >= 4 is 5.96 Å². The minimum Gasteiger partial charge on any atom is -0.497 e. The van der Waals surface area contributed by atoms with Crippen molar-refractivity contribution in [3.63, 3.8) is 0 Å². The molecule has 7 nitrogen and oxygen atoms in total. The summed E-state index contributed by atoms with van der Waals surface area (Å²) in [5.41, 5.74) is 7.57. The van der Waals surface area contributed by atoms with Gasteiger partial charge in [0.25, 0.3) is 0 Å². The van der Waals surface area contributed by atoms with Gasteiger partial charge < -0.3 is 20.3 Å². The number of aliphatic hydroxyl groups is 1. The molecule has 0 saturated carbocycles. The van der Waals surface area contributed by atoms with E-state index in [4.69, 9.17) is 20.5 Å². The van der Waals surface area contributed by atoms with Crippen molar-refractivity contribution < 1.29 is 14.6 Å². The molecule has 2 aromatic rings. The first-order valence-electron chi connectivity index (χ1n) is 8.87. The van der Waals surface area contributed by atoms with Crippen LogP contribution in [-0.2, 0) is 5.41 Å². The first kappa shape index (κ1) is 21.1. The summed E-state index contributed by atoms with van der Waals surface area (Å²) in [6.45, 7) is 4.44. The van der Waals surface area contributed by atoms with Crippen LogP contribution < -0.4 is 20.5 Å². The molecule has 0 saturated heterocycles. The van der Waals surface area contributed by atoms with Crippen molar-refractivity contribution in [3.8, 4) is 17.7 Å². The first-order valence-corrected chi connectivity index (χ1v) is 8.87. The van der Waals surface area contributed by atoms with Gasteiger partial charge in [-0.1, -0.05) is 38.1 Å². The molecule has 1 unspecified atom stereocenters. The van der Waals surface area contributed by atoms with Crippen molar-refractivity contribution in [1.82, 2.24) is 5.32 Å². The molecule has 2 rings (SSSR count). The maximum absolute atomic E-state index is 9.89. The molecule has 1 atom stereocenters. The van der Waals surface area contributed by atoms with Crippen LogP contribution in [0.4, 0.5) is 0 Å². The van der Waals surface area contributed by atoms with E-state index in [-0.39, 0.29) is 24.5 Å². The lowest BCUT2D eigenvalue weighted by atomic mass is 9.78. The number of aliphatic hydroxyl groups excluding tert-OH is 1. The maximum atomic E-state index is 9.89. The van der Waals surface area contributed by atoms with E-state index in [0.29, 0.717) is 5.75 Å². The van der Waals surface area contributed by atoms with E-state index in [1.807, 2.05) is 36.4 Å². The van der Waals surface area contributed by atoms with Gasteiger partial charge in [-0.05, 0) is 35.4 Å². The number of aliphatic imine (C=N–C) groups is 1. The Kier molecular flexibility index (Phi) is 7.24. The minimum atomic E-state index is -0.825. The van der Waals surface area contributed by atoms with Gasteiger partial charge in [-0.25, -0.2) is 4.99 Å². The number of hydrogen-bond acceptors (Lipinski definition) is 5. The van der Waals surface area contributed by atoms with Crippen LogP contribution in [0.2, 0.25) is 0 Å². The fourth-order valence-electron chi connectivity index (χ4n) is 2.69. The SMILES string of the molecule is COc1ccc(C(C)(C)c2ccc(OCC(O)CN=C(N)NC#N)cc2)cc1. The zero-order valence-corrected chi connectivity index (χ0v) is 16.3. The molecule has 0 bridgehead atoms. The average molecular weight is 382 g/mol. The highest BCUT2D eigenvalue weighted by molar-refractivity contribution is 5.79. The number of benzene rings is 2. The Labute approximate surface area is 165 Å². The summed E-state index contributed by atoms with van der Waals surface area (Å²) in [6.07, 6.45) is 0.834. The molecule has 7 heteroatoms. The van der Waals surface area contributed by atoms with E-state index in [9.17, 15) is 5.11 Å². The Morgan fingerprint density at radius 3 is 2.18 bits per heavy atom. The van der Waals surface area contributed by atoms with Crippen molar-refractivity contribution in [2.75, 3.05) is 20.3 Å². The van der Waals surface area contributed by atoms with E-state index in [1.54, 1.807) is 13.3 Å². The van der Waals surface area contributed by atoms with Crippen molar-refractivity contribution in [2.45, 2.75) is 25.4 Å². The maximum Gasteiger partial charge on any atom is 0.202 e. The smallest absolute Gasteiger partial charge is 0.202 e. The van der Waals surface area contributed by atoms with Gasteiger partial charge in [-0.15, -0.1) is 0 Å². The third-order valence-electron chi connectivity index (χ3n) is 4.49. The molecular formula is C21H26N4O3. The van der Waals surface area contributed by atoms with E-state index < -0.39 is 6.10 Å². The van der Waals surface area contributed by atoms with Gasteiger partial charge in [0.15, 0.2) is 6.19 Å². The van der Waals surface area contributed by atoms with Gasteiger partial charge in [0.05, 0.1) is 13.7 Å². The van der Waals surface area contributed by atoms with Gasteiger partial charge in [0.1, 0.15) is 24.2 Å². The topological polar surface area (TPSA) is 113 Å². The normalized spacial score (nSPS) is 12.8. The van der Waals surface area contributed by atoms with Crippen LogP contribution >= 0.6 is 0 Å². The third-order valence-corrected chi connectivity index (χ3v) is 4.49. The van der Waals surface area contributed by atoms with Crippen LogP contribution in [0.5, 0.6) is 11.5 Å². The number of nitrogens with zero attached hydrogens (tertiary/aromatic N) is 2. The Morgan fingerprint density at radius 2 is 1.68 bits per heavy atom. The fourth-order valence-corrected chi connectivity index (χ4v) is 2.69. The van der Waals surface area contributed by atoms with Gasteiger partial charge in [0.2, 0.25) is 5.96 Å². The van der Waals surface area contributed by atoms with E-state index >= 15 is 0 Å². The zero-order chi connectivity index (χ0) is 20.6. The Balaban J connectivity index is 1.96. The van der Waals surface area contributed by atoms with E-state index in [1.165, 1.54) is 5.56 Å². The molecule has 2 aromatic carbocycles. The lowest BCUT2D eigenvalue weighted by Gasteiger charge is -2.26. The lowest BCUT2D eigenvalue weighted by molar-refractivity contribution is 0.114. The summed E-state index contributed by atoms with van der Waals surface area (Å²) in [4.78, 5) is 3.84. The van der Waals surface area contributed by atoms with Crippen LogP contribution in [0.25, 0.3) is 0 Å². The lowest BCUT2D eigenvalue weighted by Crippen LogP contribution is -2.30. The van der Waals surface area contributed by atoms with Crippen molar-refractivity contribution in [2.24, 2.45) is 10.7 Å². The van der Waals surface area contributed by atoms with Crippen LogP contribution in [0, 0.1) is 11.5 Å². The molecule has 0 radical (unpaired) electrons. The molecule has 0 aliphatic carbocycles. The predicted octanol–water partition coefficient (Wildman–Crippen LogP) is 2.15. The standard InChI is InChI=1S/C21H26N4O3/c1-21(2,15-4-8-18(27-3)9-5-15)16-6-10-19(11-7-16)28-13-17(26)12-24-20(23)25-14-22/h4-11,17,26H,12-13H2,1-3H3,(H3,23,24,25). The molecule has 0 amide bonds. The molecule has 0 aromatic heterocycles. The zero-order valence-electron chi connectivity index (χ0n) is 16.3. The fraction of sp³-hybridized carbons (Fsp3) is 0.333. The molecular weight excluding hydrogens is 356 g/mol. The monoisotopic (exact) mass is 382 g/mol. The van der Waals surface area contributed by atoms with Crippen molar-refractivity contribution in [3.05, 3.63) is 59.7 Å². The number of ether oxygens (including phenoxy) is 2. The Morgan fingerprint density at radius 1 is 1.14 bits per heavy atom. The van der Waals surface area contributed by atoms with E-state index in [0.717, 1.165) is 11.3 Å². The van der Waals surface area contributed by atoms with Gasteiger partial charge in [0, 0.05) is 5.41 Å². The number of nitrogens with one attached hydrogen (secondary N) is 1. The molecule has 148 valence electrons. The predicted molar refractivity (Wildman–Crippen MR) is 108 cm³/mol. The second-order valence-corrected chi connectivity index (χ2v) is 6.81. The number of nitriles is 1. The second kappa shape index (κ2) is 9.62. The Hall–Kier alpha value is -3.24. The van der Waals surface area contributed by atoms with Crippen molar-refractivity contribution in [1.29, 1.82) is 5.26 Å². The molecule has 28 heavy (non-hydrogen) atoms. The molecule has 0 aliphatic rings. The van der Waals surface area contributed by atoms with Crippen LogP contribution in [-0.4, -0.2) is 37.4 Å². The number of methoxy groups -OCH3 is 1. The summed E-state index contributed by atoms with van der Waals surface area (Å²) in [7, 11) is 1.65. The van der Waals surface area contributed by atoms with Gasteiger partial charge in [-0.3, -0.25) is 5.32 Å². The third kappa shape index (κ3) is 5.63. The second-order valence-electron chi connectivity index (χ2n) is 6.81. The first-order chi connectivity index (χ1) is 13.4. The summed E-state index contributed by atoms with van der Waals surface area (Å²) in [5, 5.41) is 20.5. The molecule has 4 N–H and O–H groups in total. The number of rotatable bonds is 8. The molecule has 0 heterocycles. The Bertz CT molecular complexity index is 824. The number of nitrogens with two attached hydrogens (primary N) is 1. The van der Waals surface area contributed by atoms with Crippen LogP contribution in [0.3, 0.4) is 0 Å². The minimum absolute atomic E-state index is 0.0355. The molecule has 0 fully saturated rings. The molecule has 0 spiro atoms. The number of hydrogen-bond donors (Lipinski definition) is 3. The van der Waals surface area contributed by atoms with Gasteiger partial charge in [-0.2, -0.15) is 5.26 Å². The molecule has 0 aliphatic heterocycles. The van der Waals surface area contributed by atoms with Crippen LogP contribution in [0.15, 0.2) is 53.5 Å². The number of guanidine groups is 1. The highest BCUT2D eigenvalue weighted by Gasteiger charge is 2.23. The highest BCUT2D eigenvalue weighted by atomic mass is 16.5. The quantitative estimate of drug-likeness (QED) is 0.279.